The topological polar surface area (TPSA) is 79.0 Å². The average molecular weight is 542 g/mol. The molecule has 0 spiro atoms. The molecule has 0 radical (unpaired) electrons. The number of likely N-dealkylation sites (tertiary alicyclic amines) is 1. The van der Waals surface area contributed by atoms with Crippen molar-refractivity contribution in [2.45, 2.75) is 65.3 Å². The van der Waals surface area contributed by atoms with E-state index in [0.717, 1.165) is 22.4 Å². The smallest absolute Gasteiger partial charge is 0.255 e. The van der Waals surface area contributed by atoms with Gasteiger partial charge in [-0.05, 0) is 69.0 Å². The van der Waals surface area contributed by atoms with E-state index < -0.39 is 5.54 Å². The first-order chi connectivity index (χ1) is 19.2. The van der Waals surface area contributed by atoms with E-state index in [4.69, 9.17) is 4.74 Å². The number of piperidine rings is 1. The van der Waals surface area contributed by atoms with Crippen LogP contribution in [0, 0.1) is 6.92 Å². The van der Waals surface area contributed by atoms with E-state index in [-0.39, 0.29) is 30.4 Å². The molecular weight excluding hydrogens is 502 g/mol. The monoisotopic (exact) mass is 541 g/mol. The van der Waals surface area contributed by atoms with Crippen LogP contribution >= 0.6 is 0 Å². The van der Waals surface area contributed by atoms with Gasteiger partial charge in [0.25, 0.3) is 5.91 Å². The van der Waals surface area contributed by atoms with E-state index in [1.54, 1.807) is 16.7 Å². The lowest BCUT2D eigenvalue weighted by Crippen LogP contribution is -2.64. The van der Waals surface area contributed by atoms with Crippen molar-refractivity contribution in [1.29, 1.82) is 0 Å². The third kappa shape index (κ3) is 6.89. The van der Waals surface area contributed by atoms with Crippen LogP contribution in [0.2, 0.25) is 0 Å². The summed E-state index contributed by atoms with van der Waals surface area (Å²) in [4.78, 5) is 44.0. The molecule has 1 aliphatic heterocycles. The second-order valence-corrected chi connectivity index (χ2v) is 10.8. The summed E-state index contributed by atoms with van der Waals surface area (Å²) in [5.41, 5.74) is 2.31. The second-order valence-electron chi connectivity index (χ2n) is 10.8. The van der Waals surface area contributed by atoms with E-state index >= 15 is 0 Å². The van der Waals surface area contributed by atoms with Crippen molar-refractivity contribution in [3.05, 3.63) is 101 Å². The molecule has 0 aliphatic carbocycles. The maximum absolute atomic E-state index is 14.2. The van der Waals surface area contributed by atoms with E-state index in [0.29, 0.717) is 38.0 Å². The van der Waals surface area contributed by atoms with Crippen LogP contribution in [0.5, 0.6) is 5.75 Å². The Bertz CT molecular complexity index is 1300. The third-order valence-corrected chi connectivity index (χ3v) is 7.45. The van der Waals surface area contributed by atoms with Crippen molar-refractivity contribution in [2.75, 3.05) is 13.1 Å². The molecule has 1 N–H and O–H groups in total. The lowest BCUT2D eigenvalue weighted by Gasteiger charge is -2.47. The number of carbonyl (C=O) groups is 3. The predicted molar refractivity (Wildman–Crippen MR) is 156 cm³/mol. The van der Waals surface area contributed by atoms with Crippen LogP contribution in [0.3, 0.4) is 0 Å². The lowest BCUT2D eigenvalue weighted by atomic mass is 9.83. The minimum Gasteiger partial charge on any atom is -0.491 e. The zero-order valence-corrected chi connectivity index (χ0v) is 23.9. The standard InChI is InChI=1S/C33H39N3O4/c1-24(2)40-30-16-12-28(13-17-30)23-36(31(38)29-14-10-25(3)11-15-29)33(18-20-35(21-19-33)26(4)37)32(39)34-22-27-8-6-5-7-9-27/h5-17,24H,18-23H2,1-4H3,(H,34,39). The predicted octanol–water partition coefficient (Wildman–Crippen LogP) is 5.12. The molecule has 3 aromatic rings. The minimum atomic E-state index is -1.13. The molecule has 0 unspecified atom stereocenters. The van der Waals surface area contributed by atoms with Crippen molar-refractivity contribution in [2.24, 2.45) is 0 Å². The summed E-state index contributed by atoms with van der Waals surface area (Å²) in [6, 6.07) is 24.8. The van der Waals surface area contributed by atoms with Gasteiger partial charge < -0.3 is 19.9 Å². The van der Waals surface area contributed by atoms with Crippen molar-refractivity contribution < 1.29 is 19.1 Å². The zero-order chi connectivity index (χ0) is 28.7. The summed E-state index contributed by atoms with van der Waals surface area (Å²) in [5.74, 6) is 0.295. The highest BCUT2D eigenvalue weighted by atomic mass is 16.5. The molecular formula is C33H39N3O4. The van der Waals surface area contributed by atoms with Gasteiger partial charge in [0.15, 0.2) is 0 Å². The van der Waals surface area contributed by atoms with Crippen LogP contribution < -0.4 is 10.1 Å². The van der Waals surface area contributed by atoms with Gasteiger partial charge in [-0.2, -0.15) is 0 Å². The number of carbonyl (C=O) groups excluding carboxylic acids is 3. The first-order valence-electron chi connectivity index (χ1n) is 13.9. The molecule has 210 valence electrons. The van der Waals surface area contributed by atoms with E-state index in [1.165, 1.54) is 0 Å². The zero-order valence-electron chi connectivity index (χ0n) is 23.9. The molecule has 0 bridgehead atoms. The van der Waals surface area contributed by atoms with Crippen LogP contribution in [0.25, 0.3) is 0 Å². The fourth-order valence-electron chi connectivity index (χ4n) is 5.15. The Morgan fingerprint density at radius 2 is 1.52 bits per heavy atom. The van der Waals surface area contributed by atoms with Gasteiger partial charge in [-0.25, -0.2) is 0 Å². The molecule has 0 atom stereocenters. The van der Waals surface area contributed by atoms with Gasteiger partial charge >= 0.3 is 0 Å². The molecule has 7 nitrogen and oxygen atoms in total. The Morgan fingerprint density at radius 1 is 0.900 bits per heavy atom. The van der Waals surface area contributed by atoms with Crippen LogP contribution in [-0.4, -0.2) is 52.3 Å². The van der Waals surface area contributed by atoms with Gasteiger partial charge in [0.05, 0.1) is 6.10 Å². The van der Waals surface area contributed by atoms with Crippen molar-refractivity contribution in [3.63, 3.8) is 0 Å². The lowest BCUT2D eigenvalue weighted by molar-refractivity contribution is -0.141. The Morgan fingerprint density at radius 3 is 2.10 bits per heavy atom. The van der Waals surface area contributed by atoms with Crippen LogP contribution in [-0.2, 0) is 22.7 Å². The number of aryl methyl sites for hydroxylation is 1. The summed E-state index contributed by atoms with van der Waals surface area (Å²) in [7, 11) is 0. The average Bonchev–Trinajstić information content (AvgIpc) is 2.96. The number of rotatable bonds is 9. The largest absolute Gasteiger partial charge is 0.491 e. The number of hydrogen-bond donors (Lipinski definition) is 1. The second kappa shape index (κ2) is 12.8. The van der Waals surface area contributed by atoms with E-state index in [9.17, 15) is 14.4 Å². The van der Waals surface area contributed by atoms with Gasteiger partial charge in [-0.3, -0.25) is 14.4 Å². The SMILES string of the molecule is CC(=O)N1CCC(C(=O)NCc2ccccc2)(N(Cc2ccc(OC(C)C)cc2)C(=O)c2ccc(C)cc2)CC1. The molecule has 1 aliphatic rings. The summed E-state index contributed by atoms with van der Waals surface area (Å²) in [6.45, 7) is 8.85. The Balaban J connectivity index is 1.71. The minimum absolute atomic E-state index is 0.0320. The molecule has 1 fully saturated rings. The number of nitrogens with one attached hydrogen (secondary N) is 1. The molecule has 3 aromatic carbocycles. The fourth-order valence-corrected chi connectivity index (χ4v) is 5.15. The molecule has 4 rings (SSSR count). The van der Waals surface area contributed by atoms with Crippen molar-refractivity contribution >= 4 is 17.7 Å². The number of hydrogen-bond acceptors (Lipinski definition) is 4. The number of nitrogens with zero attached hydrogens (tertiary/aromatic N) is 2. The summed E-state index contributed by atoms with van der Waals surface area (Å²) < 4.78 is 5.80. The normalized spacial score (nSPS) is 14.5. The number of amides is 3. The summed E-state index contributed by atoms with van der Waals surface area (Å²) in [6.07, 6.45) is 0.743. The van der Waals surface area contributed by atoms with Crippen molar-refractivity contribution in [3.8, 4) is 5.75 Å². The molecule has 3 amide bonds. The maximum Gasteiger partial charge on any atom is 0.255 e. The molecule has 7 heteroatoms. The van der Waals surface area contributed by atoms with E-state index in [1.807, 2.05) is 99.6 Å². The summed E-state index contributed by atoms with van der Waals surface area (Å²) in [5, 5.41) is 3.11. The highest BCUT2D eigenvalue weighted by Gasteiger charge is 2.48. The van der Waals surface area contributed by atoms with Gasteiger partial charge in [0.1, 0.15) is 11.3 Å². The summed E-state index contributed by atoms with van der Waals surface area (Å²) >= 11 is 0. The molecule has 0 aromatic heterocycles. The molecule has 1 saturated heterocycles. The van der Waals surface area contributed by atoms with E-state index in [2.05, 4.69) is 5.32 Å². The van der Waals surface area contributed by atoms with Gasteiger partial charge in [-0.15, -0.1) is 0 Å². The molecule has 40 heavy (non-hydrogen) atoms. The fraction of sp³-hybridized carbons (Fsp3) is 0.364. The van der Waals surface area contributed by atoms with Crippen LogP contribution in [0.1, 0.15) is 60.7 Å². The van der Waals surface area contributed by atoms with Gasteiger partial charge in [-0.1, -0.05) is 60.2 Å². The third-order valence-electron chi connectivity index (χ3n) is 7.45. The quantitative estimate of drug-likeness (QED) is 0.408. The Kier molecular flexibility index (Phi) is 9.25. The number of benzene rings is 3. The van der Waals surface area contributed by atoms with Gasteiger partial charge in [0.2, 0.25) is 11.8 Å². The highest BCUT2D eigenvalue weighted by Crippen LogP contribution is 2.33. The van der Waals surface area contributed by atoms with Crippen molar-refractivity contribution in [1.82, 2.24) is 15.1 Å². The first-order valence-corrected chi connectivity index (χ1v) is 13.9. The first kappa shape index (κ1) is 28.9. The Labute approximate surface area is 237 Å². The number of ether oxygens (including phenoxy) is 1. The highest BCUT2D eigenvalue weighted by molar-refractivity contribution is 5.99. The van der Waals surface area contributed by atoms with Gasteiger partial charge in [0, 0.05) is 38.7 Å². The molecule has 0 saturated carbocycles. The van der Waals surface area contributed by atoms with Crippen LogP contribution in [0.15, 0.2) is 78.9 Å². The van der Waals surface area contributed by atoms with Crippen LogP contribution in [0.4, 0.5) is 0 Å². The maximum atomic E-state index is 14.2. The Hall–Kier alpha value is -4.13. The molecule has 1 heterocycles.